The molecule has 0 saturated carbocycles. The Morgan fingerprint density at radius 3 is 3.00 bits per heavy atom. The van der Waals surface area contributed by atoms with Crippen molar-refractivity contribution in [1.29, 1.82) is 0 Å². The smallest absolute Gasteiger partial charge is 0.129 e. The van der Waals surface area contributed by atoms with Crippen molar-refractivity contribution in [2.75, 3.05) is 13.7 Å². The van der Waals surface area contributed by atoms with Crippen LogP contribution in [-0.2, 0) is 4.74 Å². The van der Waals surface area contributed by atoms with Gasteiger partial charge in [-0.2, -0.15) is 0 Å². The second kappa shape index (κ2) is 5.80. The number of hydrogen-bond donors (Lipinski definition) is 1. The molecule has 94 valence electrons. The van der Waals surface area contributed by atoms with E-state index in [9.17, 15) is 4.39 Å². The van der Waals surface area contributed by atoms with Gasteiger partial charge in [0.1, 0.15) is 5.82 Å². The lowest BCUT2D eigenvalue weighted by molar-refractivity contribution is 0.0950. The Hall–Kier alpha value is -0.640. The largest absolute Gasteiger partial charge is 0.378 e. The normalized spacial score (nSPS) is 21.7. The topological polar surface area (TPSA) is 21.3 Å². The Bertz CT molecular complexity index is 380. The van der Waals surface area contributed by atoms with Gasteiger partial charge in [-0.05, 0) is 38.4 Å². The van der Waals surface area contributed by atoms with Crippen molar-refractivity contribution < 1.29 is 9.13 Å². The number of benzene rings is 1. The van der Waals surface area contributed by atoms with E-state index < -0.39 is 0 Å². The summed E-state index contributed by atoms with van der Waals surface area (Å²) in [5, 5.41) is 3.57. The molecule has 0 spiro atoms. The predicted octanol–water partition coefficient (Wildman–Crippen LogP) is 3.31. The molecular weight excluding hydrogens is 241 g/mol. The maximum Gasteiger partial charge on any atom is 0.129 e. The molecule has 2 rings (SSSR count). The van der Waals surface area contributed by atoms with Crippen molar-refractivity contribution in [3.8, 4) is 0 Å². The zero-order valence-corrected chi connectivity index (χ0v) is 10.6. The summed E-state index contributed by atoms with van der Waals surface area (Å²) in [5.41, 5.74) is 0.660. The van der Waals surface area contributed by atoms with E-state index in [0.29, 0.717) is 10.6 Å². The first-order valence-electron chi connectivity index (χ1n) is 5.94. The Morgan fingerprint density at radius 1 is 1.59 bits per heavy atom. The zero-order chi connectivity index (χ0) is 12.3. The summed E-state index contributed by atoms with van der Waals surface area (Å²) in [7, 11) is 1.84. The Labute approximate surface area is 106 Å². The highest BCUT2D eigenvalue weighted by molar-refractivity contribution is 6.30. The molecule has 4 heteroatoms. The molecule has 1 fully saturated rings. The van der Waals surface area contributed by atoms with E-state index in [1.165, 1.54) is 6.07 Å². The standard InChI is InChI=1S/C13H17ClFNO/c1-16-13(8-10-3-2-6-17-10)11-5-4-9(14)7-12(11)15/h4-5,7,10,13,16H,2-3,6,8H2,1H3. The second-order valence-corrected chi connectivity index (χ2v) is 4.81. The fraction of sp³-hybridized carbons (Fsp3) is 0.538. The lowest BCUT2D eigenvalue weighted by Gasteiger charge is -2.20. The highest BCUT2D eigenvalue weighted by Crippen LogP contribution is 2.27. The molecule has 1 saturated heterocycles. The van der Waals surface area contributed by atoms with Gasteiger partial charge in [0.05, 0.1) is 6.10 Å². The van der Waals surface area contributed by atoms with E-state index in [2.05, 4.69) is 5.32 Å². The summed E-state index contributed by atoms with van der Waals surface area (Å²) in [4.78, 5) is 0. The number of ether oxygens (including phenoxy) is 1. The van der Waals surface area contributed by atoms with Crippen molar-refractivity contribution in [2.24, 2.45) is 0 Å². The van der Waals surface area contributed by atoms with Crippen molar-refractivity contribution in [3.63, 3.8) is 0 Å². The molecule has 2 nitrogen and oxygen atoms in total. The van der Waals surface area contributed by atoms with E-state index in [0.717, 1.165) is 25.9 Å². The van der Waals surface area contributed by atoms with Crippen LogP contribution in [0.15, 0.2) is 18.2 Å². The van der Waals surface area contributed by atoms with Crippen molar-refractivity contribution in [2.45, 2.75) is 31.4 Å². The number of rotatable bonds is 4. The molecular formula is C13H17ClFNO. The fourth-order valence-electron chi connectivity index (χ4n) is 2.28. The van der Waals surface area contributed by atoms with Crippen LogP contribution < -0.4 is 5.32 Å². The summed E-state index contributed by atoms with van der Waals surface area (Å²) in [6.45, 7) is 0.824. The second-order valence-electron chi connectivity index (χ2n) is 4.38. The molecule has 2 atom stereocenters. The third-order valence-electron chi connectivity index (χ3n) is 3.21. The SMILES string of the molecule is CNC(CC1CCCO1)c1ccc(Cl)cc1F. The predicted molar refractivity (Wildman–Crippen MR) is 66.8 cm³/mol. The minimum atomic E-state index is -0.255. The Morgan fingerprint density at radius 2 is 2.41 bits per heavy atom. The molecule has 0 radical (unpaired) electrons. The van der Waals surface area contributed by atoms with Gasteiger partial charge in [-0.25, -0.2) is 4.39 Å². The van der Waals surface area contributed by atoms with Crippen molar-refractivity contribution in [3.05, 3.63) is 34.6 Å². The van der Waals surface area contributed by atoms with E-state index in [4.69, 9.17) is 16.3 Å². The van der Waals surface area contributed by atoms with E-state index in [1.54, 1.807) is 12.1 Å². The summed E-state index contributed by atoms with van der Waals surface area (Å²) in [5.74, 6) is -0.255. The Balaban J connectivity index is 2.10. The van der Waals surface area contributed by atoms with Crippen LogP contribution in [-0.4, -0.2) is 19.8 Å². The van der Waals surface area contributed by atoms with Crippen LogP contribution in [0.25, 0.3) is 0 Å². The molecule has 0 bridgehead atoms. The first kappa shape index (κ1) is 12.8. The van der Waals surface area contributed by atoms with Gasteiger partial charge < -0.3 is 10.1 Å². The van der Waals surface area contributed by atoms with Gasteiger partial charge in [-0.1, -0.05) is 17.7 Å². The van der Waals surface area contributed by atoms with Gasteiger partial charge in [0, 0.05) is 23.2 Å². The van der Waals surface area contributed by atoms with E-state index in [-0.39, 0.29) is 18.0 Å². The maximum absolute atomic E-state index is 13.8. The quantitative estimate of drug-likeness (QED) is 0.894. The molecule has 1 aliphatic heterocycles. The molecule has 2 unspecified atom stereocenters. The van der Waals surface area contributed by atoms with Crippen molar-refractivity contribution >= 4 is 11.6 Å². The third kappa shape index (κ3) is 3.18. The summed E-state index contributed by atoms with van der Waals surface area (Å²) in [6.07, 6.45) is 3.20. The minimum absolute atomic E-state index is 0.0182. The van der Waals surface area contributed by atoms with Crippen LogP contribution in [0.4, 0.5) is 4.39 Å². The molecule has 0 amide bonds. The van der Waals surface area contributed by atoms with E-state index in [1.807, 2.05) is 7.05 Å². The van der Waals surface area contributed by atoms with Gasteiger partial charge in [-0.15, -0.1) is 0 Å². The van der Waals surface area contributed by atoms with Gasteiger partial charge in [0.15, 0.2) is 0 Å². The van der Waals surface area contributed by atoms with Crippen LogP contribution in [0.2, 0.25) is 5.02 Å². The molecule has 0 aliphatic carbocycles. The van der Waals surface area contributed by atoms with Crippen LogP contribution in [0.5, 0.6) is 0 Å². The fourth-order valence-corrected chi connectivity index (χ4v) is 2.44. The Kier molecular flexibility index (Phi) is 4.37. The number of halogens is 2. The maximum atomic E-state index is 13.8. The van der Waals surface area contributed by atoms with Crippen LogP contribution in [0.1, 0.15) is 30.9 Å². The first-order valence-corrected chi connectivity index (χ1v) is 6.32. The summed E-state index contributed by atoms with van der Waals surface area (Å²) < 4.78 is 19.4. The summed E-state index contributed by atoms with van der Waals surface area (Å²) >= 11 is 5.75. The molecule has 1 aromatic rings. The van der Waals surface area contributed by atoms with Crippen molar-refractivity contribution in [1.82, 2.24) is 5.32 Å². The van der Waals surface area contributed by atoms with Crippen LogP contribution >= 0.6 is 11.6 Å². The average Bonchev–Trinajstić information content (AvgIpc) is 2.79. The first-order chi connectivity index (χ1) is 8.20. The van der Waals surface area contributed by atoms with E-state index >= 15 is 0 Å². The minimum Gasteiger partial charge on any atom is -0.378 e. The summed E-state index contributed by atoms with van der Waals surface area (Å²) in [6, 6.07) is 4.81. The van der Waals surface area contributed by atoms with Gasteiger partial charge in [0.2, 0.25) is 0 Å². The average molecular weight is 258 g/mol. The third-order valence-corrected chi connectivity index (χ3v) is 3.44. The number of hydrogen-bond acceptors (Lipinski definition) is 2. The molecule has 1 heterocycles. The highest BCUT2D eigenvalue weighted by Gasteiger charge is 2.22. The molecule has 1 aliphatic rings. The van der Waals surface area contributed by atoms with Crippen LogP contribution in [0, 0.1) is 5.82 Å². The molecule has 17 heavy (non-hydrogen) atoms. The molecule has 1 N–H and O–H groups in total. The molecule has 0 aromatic heterocycles. The zero-order valence-electron chi connectivity index (χ0n) is 9.88. The monoisotopic (exact) mass is 257 g/mol. The molecule has 1 aromatic carbocycles. The van der Waals surface area contributed by atoms with Gasteiger partial charge in [-0.3, -0.25) is 0 Å². The van der Waals surface area contributed by atoms with Gasteiger partial charge in [0.25, 0.3) is 0 Å². The number of nitrogens with one attached hydrogen (secondary N) is 1. The lowest BCUT2D eigenvalue weighted by Crippen LogP contribution is -2.23. The van der Waals surface area contributed by atoms with Gasteiger partial charge >= 0.3 is 0 Å². The highest BCUT2D eigenvalue weighted by atomic mass is 35.5. The lowest BCUT2D eigenvalue weighted by atomic mass is 9.99. The van der Waals surface area contributed by atoms with Crippen LogP contribution in [0.3, 0.4) is 0 Å².